The summed E-state index contributed by atoms with van der Waals surface area (Å²) in [6.07, 6.45) is 0.250. The van der Waals surface area contributed by atoms with Crippen LogP contribution in [0.4, 0.5) is 0 Å². The predicted molar refractivity (Wildman–Crippen MR) is 150 cm³/mol. The van der Waals surface area contributed by atoms with Gasteiger partial charge in [-0.2, -0.15) is 0 Å². The molecule has 0 spiro atoms. The molecule has 1 aromatic heterocycles. The largest absolute Gasteiger partial charge is 0.489 e. The standard InChI is InChI=1S/C30H24BrNO3S/c31-22-8-6-21(7-9-22)30-29(35-24-12-10-23(11-13-24)34-26-17-32-18-26)27-15-14-25(16-28(27)36-30)33-19-20-4-2-1-3-5-20/h1-16,26,32H,17-19H2. The van der Waals surface area contributed by atoms with Crippen molar-refractivity contribution >= 4 is 37.4 Å². The molecule has 0 atom stereocenters. The lowest BCUT2D eigenvalue weighted by Crippen LogP contribution is -2.50. The Hall–Kier alpha value is -3.32. The molecule has 0 radical (unpaired) electrons. The summed E-state index contributed by atoms with van der Waals surface area (Å²) in [5, 5.41) is 4.29. The van der Waals surface area contributed by atoms with Gasteiger partial charge in [-0.15, -0.1) is 11.3 Å². The maximum Gasteiger partial charge on any atom is 0.153 e. The van der Waals surface area contributed by atoms with Crippen LogP contribution in [0.2, 0.25) is 0 Å². The molecule has 6 rings (SSSR count). The van der Waals surface area contributed by atoms with Crippen molar-refractivity contribution < 1.29 is 14.2 Å². The Bertz CT molecular complexity index is 1460. The zero-order valence-corrected chi connectivity index (χ0v) is 21.8. The molecule has 0 aliphatic carbocycles. The van der Waals surface area contributed by atoms with Gasteiger partial charge in [0.15, 0.2) is 5.75 Å². The fraction of sp³-hybridized carbons (Fsp3) is 0.133. The van der Waals surface area contributed by atoms with E-state index in [0.29, 0.717) is 6.61 Å². The smallest absolute Gasteiger partial charge is 0.153 e. The molecule has 1 saturated heterocycles. The number of fused-ring (bicyclic) bond motifs is 1. The zero-order valence-electron chi connectivity index (χ0n) is 19.4. The molecule has 5 aromatic rings. The number of nitrogens with one attached hydrogen (secondary N) is 1. The first-order valence-electron chi connectivity index (χ1n) is 11.9. The summed E-state index contributed by atoms with van der Waals surface area (Å²) in [4.78, 5) is 1.08. The second-order valence-corrected chi connectivity index (χ2v) is 10.6. The van der Waals surface area contributed by atoms with Crippen LogP contribution in [0.1, 0.15) is 5.56 Å². The van der Waals surface area contributed by atoms with Crippen LogP contribution in [0, 0.1) is 0 Å². The van der Waals surface area contributed by atoms with Gasteiger partial charge in [-0.1, -0.05) is 58.4 Å². The number of rotatable bonds is 8. The molecule has 4 aromatic carbocycles. The van der Waals surface area contributed by atoms with Gasteiger partial charge in [-0.25, -0.2) is 0 Å². The van der Waals surface area contributed by atoms with Gasteiger partial charge in [0.1, 0.15) is 30.0 Å². The second kappa shape index (κ2) is 10.3. The highest BCUT2D eigenvalue weighted by Gasteiger charge is 2.19. The Morgan fingerprint density at radius 2 is 1.53 bits per heavy atom. The quantitative estimate of drug-likeness (QED) is 0.209. The van der Waals surface area contributed by atoms with E-state index in [2.05, 4.69) is 69.8 Å². The normalized spacial score (nSPS) is 13.4. The van der Waals surface area contributed by atoms with Crippen molar-refractivity contribution in [2.45, 2.75) is 12.7 Å². The minimum Gasteiger partial charge on any atom is -0.489 e. The maximum atomic E-state index is 6.51. The summed E-state index contributed by atoms with van der Waals surface area (Å²) in [7, 11) is 0. The molecule has 1 aliphatic rings. The van der Waals surface area contributed by atoms with Gasteiger partial charge in [0, 0.05) is 27.6 Å². The highest BCUT2D eigenvalue weighted by atomic mass is 79.9. The Morgan fingerprint density at radius 3 is 2.25 bits per heavy atom. The average Bonchev–Trinajstić information content (AvgIpc) is 3.24. The third kappa shape index (κ3) is 5.12. The molecular formula is C30H24BrNO3S. The van der Waals surface area contributed by atoms with Crippen molar-refractivity contribution in [1.29, 1.82) is 0 Å². The molecule has 6 heteroatoms. The van der Waals surface area contributed by atoms with Crippen LogP contribution in [-0.4, -0.2) is 19.2 Å². The first kappa shape index (κ1) is 23.1. The van der Waals surface area contributed by atoms with Crippen LogP contribution in [0.25, 0.3) is 20.5 Å². The summed E-state index contributed by atoms with van der Waals surface area (Å²) in [5.41, 5.74) is 2.25. The van der Waals surface area contributed by atoms with Gasteiger partial charge in [-0.3, -0.25) is 0 Å². The zero-order chi connectivity index (χ0) is 24.3. The maximum absolute atomic E-state index is 6.51. The minimum absolute atomic E-state index is 0.250. The third-order valence-corrected chi connectivity index (χ3v) is 7.77. The van der Waals surface area contributed by atoms with Crippen molar-refractivity contribution in [2.24, 2.45) is 0 Å². The van der Waals surface area contributed by atoms with Crippen LogP contribution in [0.15, 0.2) is 102 Å². The molecule has 1 N–H and O–H groups in total. The average molecular weight is 558 g/mol. The molecule has 0 unspecified atom stereocenters. The van der Waals surface area contributed by atoms with Crippen LogP contribution in [0.5, 0.6) is 23.0 Å². The molecule has 180 valence electrons. The van der Waals surface area contributed by atoms with Crippen molar-refractivity contribution in [3.05, 3.63) is 107 Å². The molecule has 0 bridgehead atoms. The van der Waals surface area contributed by atoms with Crippen LogP contribution in [0.3, 0.4) is 0 Å². The van der Waals surface area contributed by atoms with E-state index in [0.717, 1.165) is 66.7 Å². The summed E-state index contributed by atoms with van der Waals surface area (Å²) in [5.74, 6) is 3.33. The lowest BCUT2D eigenvalue weighted by Gasteiger charge is -2.27. The van der Waals surface area contributed by atoms with Crippen LogP contribution >= 0.6 is 27.3 Å². The first-order valence-corrected chi connectivity index (χ1v) is 13.5. The van der Waals surface area contributed by atoms with Crippen molar-refractivity contribution in [1.82, 2.24) is 5.32 Å². The molecule has 1 aliphatic heterocycles. The Balaban J connectivity index is 1.30. The molecule has 2 heterocycles. The highest BCUT2D eigenvalue weighted by Crippen LogP contribution is 2.47. The first-order chi connectivity index (χ1) is 17.7. The van der Waals surface area contributed by atoms with Crippen molar-refractivity contribution in [3.8, 4) is 33.4 Å². The SMILES string of the molecule is Brc1ccc(-c2sc3cc(OCc4ccccc4)ccc3c2Oc2ccc(OC3CNC3)cc2)cc1. The second-order valence-electron chi connectivity index (χ2n) is 8.67. The van der Waals surface area contributed by atoms with E-state index < -0.39 is 0 Å². The molecule has 36 heavy (non-hydrogen) atoms. The van der Waals surface area contributed by atoms with Gasteiger partial charge in [-0.05, 0) is 65.7 Å². The van der Waals surface area contributed by atoms with E-state index in [1.165, 1.54) is 0 Å². The minimum atomic E-state index is 0.250. The molecular weight excluding hydrogens is 534 g/mol. The number of halogens is 1. The number of thiophene rings is 1. The van der Waals surface area contributed by atoms with E-state index in [1.807, 2.05) is 48.5 Å². The van der Waals surface area contributed by atoms with Gasteiger partial charge in [0.05, 0.1) is 4.88 Å². The van der Waals surface area contributed by atoms with Gasteiger partial charge >= 0.3 is 0 Å². The summed E-state index contributed by atoms with van der Waals surface area (Å²) < 4.78 is 20.7. The topological polar surface area (TPSA) is 39.7 Å². The van der Waals surface area contributed by atoms with Crippen molar-refractivity contribution in [2.75, 3.05) is 13.1 Å². The molecule has 1 fully saturated rings. The lowest BCUT2D eigenvalue weighted by atomic mass is 10.1. The van der Waals surface area contributed by atoms with Gasteiger partial charge in [0.2, 0.25) is 0 Å². The van der Waals surface area contributed by atoms with E-state index in [4.69, 9.17) is 14.2 Å². The fourth-order valence-electron chi connectivity index (χ4n) is 4.02. The van der Waals surface area contributed by atoms with Gasteiger partial charge < -0.3 is 19.5 Å². The van der Waals surface area contributed by atoms with Crippen LogP contribution < -0.4 is 19.5 Å². The van der Waals surface area contributed by atoms with Gasteiger partial charge in [0.25, 0.3) is 0 Å². The fourth-order valence-corrected chi connectivity index (χ4v) is 5.45. The Labute approximate surface area is 222 Å². The molecule has 4 nitrogen and oxygen atoms in total. The lowest BCUT2D eigenvalue weighted by molar-refractivity contribution is 0.142. The van der Waals surface area contributed by atoms with E-state index in [-0.39, 0.29) is 6.10 Å². The van der Waals surface area contributed by atoms with Crippen molar-refractivity contribution in [3.63, 3.8) is 0 Å². The highest BCUT2D eigenvalue weighted by molar-refractivity contribution is 9.10. The van der Waals surface area contributed by atoms with E-state index in [9.17, 15) is 0 Å². The molecule has 0 amide bonds. The Kier molecular flexibility index (Phi) is 6.64. The number of hydrogen-bond acceptors (Lipinski definition) is 5. The predicted octanol–water partition coefficient (Wildman–Crippen LogP) is 8.05. The monoisotopic (exact) mass is 557 g/mol. The third-order valence-electron chi connectivity index (χ3n) is 6.06. The van der Waals surface area contributed by atoms with E-state index >= 15 is 0 Å². The van der Waals surface area contributed by atoms with Crippen LogP contribution in [-0.2, 0) is 6.61 Å². The molecule has 0 saturated carbocycles. The number of ether oxygens (including phenoxy) is 3. The number of benzene rings is 4. The van der Waals surface area contributed by atoms with E-state index in [1.54, 1.807) is 11.3 Å². The summed E-state index contributed by atoms with van der Waals surface area (Å²) in [6, 6.07) is 32.6. The number of hydrogen-bond donors (Lipinski definition) is 1. The summed E-state index contributed by atoms with van der Waals surface area (Å²) >= 11 is 5.25. The Morgan fingerprint density at radius 1 is 0.806 bits per heavy atom. The summed E-state index contributed by atoms with van der Waals surface area (Å²) in [6.45, 7) is 2.32.